The minimum Gasteiger partial charge on any atom is -0.481 e. The van der Waals surface area contributed by atoms with Gasteiger partial charge in [0.2, 0.25) is 5.91 Å². The highest BCUT2D eigenvalue weighted by molar-refractivity contribution is 5.93. The van der Waals surface area contributed by atoms with Gasteiger partial charge in [0.1, 0.15) is 0 Å². The Morgan fingerprint density at radius 2 is 2.00 bits per heavy atom. The van der Waals surface area contributed by atoms with Crippen LogP contribution in [-0.4, -0.2) is 47.7 Å². The molecule has 1 aliphatic heterocycles. The molecule has 1 amide bonds. The Morgan fingerprint density at radius 1 is 1.32 bits per heavy atom. The van der Waals surface area contributed by atoms with E-state index in [1.54, 1.807) is 0 Å². The highest BCUT2D eigenvalue weighted by Gasteiger charge is 2.52. The third-order valence-electron chi connectivity index (χ3n) is 4.50. The predicted molar refractivity (Wildman–Crippen MR) is 86.3 cm³/mol. The van der Waals surface area contributed by atoms with Crippen molar-refractivity contribution in [3.63, 3.8) is 0 Å². The summed E-state index contributed by atoms with van der Waals surface area (Å²) >= 11 is 0. The van der Waals surface area contributed by atoms with Crippen LogP contribution in [0.4, 0.5) is 18.9 Å². The van der Waals surface area contributed by atoms with Crippen molar-refractivity contribution in [1.29, 1.82) is 0 Å². The number of carboxylic acid groups (broad SMARTS) is 1. The molecule has 0 aliphatic carbocycles. The first-order valence-corrected chi connectivity index (χ1v) is 8.03. The Balaban J connectivity index is 2.06. The number of benzene rings is 1. The van der Waals surface area contributed by atoms with E-state index in [0.717, 1.165) is 11.1 Å². The van der Waals surface area contributed by atoms with Crippen LogP contribution in [0, 0.1) is 18.8 Å². The summed E-state index contributed by atoms with van der Waals surface area (Å²) in [5.74, 6) is -5.44. The molecule has 0 aromatic heterocycles. The zero-order valence-electron chi connectivity index (χ0n) is 14.1. The van der Waals surface area contributed by atoms with E-state index in [0.29, 0.717) is 12.1 Å². The summed E-state index contributed by atoms with van der Waals surface area (Å²) in [7, 11) is 0. The lowest BCUT2D eigenvalue weighted by Gasteiger charge is -2.19. The maximum Gasteiger partial charge on any atom is 0.393 e. The van der Waals surface area contributed by atoms with E-state index in [2.05, 4.69) is 5.32 Å². The molecule has 2 N–H and O–H groups in total. The molecule has 1 aromatic rings. The van der Waals surface area contributed by atoms with Crippen molar-refractivity contribution in [2.24, 2.45) is 11.8 Å². The molecule has 0 spiro atoms. The molecule has 1 saturated heterocycles. The summed E-state index contributed by atoms with van der Waals surface area (Å²) in [6, 6.07) is 5.58. The molecule has 2 rings (SSSR count). The third-order valence-corrected chi connectivity index (χ3v) is 4.50. The van der Waals surface area contributed by atoms with Gasteiger partial charge in [-0.25, -0.2) is 0 Å². The molecule has 0 bridgehead atoms. The number of para-hydroxylation sites is 1. The second kappa shape index (κ2) is 7.43. The summed E-state index contributed by atoms with van der Waals surface area (Å²) in [6.45, 7) is 2.73. The fraction of sp³-hybridized carbons (Fsp3) is 0.529. The van der Waals surface area contributed by atoms with Gasteiger partial charge in [-0.15, -0.1) is 0 Å². The first-order valence-electron chi connectivity index (χ1n) is 8.03. The molecule has 25 heavy (non-hydrogen) atoms. The first kappa shape index (κ1) is 19.2. The number of carboxylic acids is 1. The van der Waals surface area contributed by atoms with Gasteiger partial charge in [-0.2, -0.15) is 13.2 Å². The molecule has 0 radical (unpaired) electrons. The molecular weight excluding hydrogens is 337 g/mol. The highest BCUT2D eigenvalue weighted by atomic mass is 19.4. The van der Waals surface area contributed by atoms with Crippen LogP contribution in [0.2, 0.25) is 0 Å². The Hall–Kier alpha value is -2.09. The second-order valence-corrected chi connectivity index (χ2v) is 6.30. The van der Waals surface area contributed by atoms with Crippen molar-refractivity contribution >= 4 is 17.6 Å². The van der Waals surface area contributed by atoms with Crippen molar-refractivity contribution in [2.45, 2.75) is 26.4 Å². The summed E-state index contributed by atoms with van der Waals surface area (Å²) in [6.07, 6.45) is -3.89. The lowest BCUT2D eigenvalue weighted by Crippen LogP contribution is -2.34. The first-order chi connectivity index (χ1) is 11.6. The largest absolute Gasteiger partial charge is 0.481 e. The van der Waals surface area contributed by atoms with Crippen LogP contribution in [0.25, 0.3) is 0 Å². The Morgan fingerprint density at radius 3 is 2.52 bits per heavy atom. The summed E-state index contributed by atoms with van der Waals surface area (Å²) in [5, 5.41) is 11.8. The van der Waals surface area contributed by atoms with Crippen LogP contribution in [0.3, 0.4) is 0 Å². The highest BCUT2D eigenvalue weighted by Crippen LogP contribution is 2.37. The zero-order valence-corrected chi connectivity index (χ0v) is 14.1. The minimum absolute atomic E-state index is 0.270. The third kappa shape index (κ3) is 4.50. The second-order valence-electron chi connectivity index (χ2n) is 6.30. The number of aliphatic carboxylic acids is 1. The van der Waals surface area contributed by atoms with Gasteiger partial charge >= 0.3 is 12.1 Å². The molecule has 8 heteroatoms. The van der Waals surface area contributed by atoms with Crippen molar-refractivity contribution in [2.75, 3.05) is 25.0 Å². The number of alkyl halides is 3. The van der Waals surface area contributed by atoms with Crippen LogP contribution in [0.15, 0.2) is 18.2 Å². The smallest absolute Gasteiger partial charge is 0.393 e. The van der Waals surface area contributed by atoms with Gasteiger partial charge in [-0.1, -0.05) is 25.1 Å². The normalized spacial score (nSPS) is 21.3. The monoisotopic (exact) mass is 358 g/mol. The minimum atomic E-state index is -4.60. The quantitative estimate of drug-likeness (QED) is 0.849. The van der Waals surface area contributed by atoms with E-state index in [9.17, 15) is 22.8 Å². The van der Waals surface area contributed by atoms with E-state index in [1.807, 2.05) is 32.0 Å². The number of hydrogen-bond acceptors (Lipinski definition) is 3. The fourth-order valence-electron chi connectivity index (χ4n) is 3.18. The van der Waals surface area contributed by atoms with E-state index in [1.165, 1.54) is 4.90 Å². The van der Waals surface area contributed by atoms with E-state index < -0.39 is 36.4 Å². The van der Waals surface area contributed by atoms with E-state index in [4.69, 9.17) is 5.11 Å². The lowest BCUT2D eigenvalue weighted by atomic mass is 9.96. The predicted octanol–water partition coefficient (Wildman–Crippen LogP) is 2.69. The fourth-order valence-corrected chi connectivity index (χ4v) is 3.18. The molecular formula is C17H21F3N2O3. The number of carbonyl (C=O) groups excluding carboxylic acids is 1. The number of nitrogens with zero attached hydrogens (tertiary/aromatic N) is 1. The summed E-state index contributed by atoms with van der Waals surface area (Å²) in [5.41, 5.74) is 2.47. The number of hydrogen-bond donors (Lipinski definition) is 2. The molecule has 138 valence electrons. The maximum absolute atomic E-state index is 13.0. The van der Waals surface area contributed by atoms with Crippen molar-refractivity contribution in [3.05, 3.63) is 29.3 Å². The van der Waals surface area contributed by atoms with Crippen molar-refractivity contribution < 1.29 is 27.9 Å². The topological polar surface area (TPSA) is 69.6 Å². The van der Waals surface area contributed by atoms with Gasteiger partial charge in [-0.05, 0) is 24.5 Å². The Kier molecular flexibility index (Phi) is 5.72. The van der Waals surface area contributed by atoms with Crippen molar-refractivity contribution in [3.8, 4) is 0 Å². The van der Waals surface area contributed by atoms with Gasteiger partial charge in [-0.3, -0.25) is 14.5 Å². The molecule has 1 heterocycles. The summed E-state index contributed by atoms with van der Waals surface area (Å²) in [4.78, 5) is 24.6. The van der Waals surface area contributed by atoms with E-state index in [-0.39, 0.29) is 13.1 Å². The Labute approximate surface area is 143 Å². The van der Waals surface area contributed by atoms with Gasteiger partial charge in [0.25, 0.3) is 0 Å². The number of carbonyl (C=O) groups is 2. The molecule has 1 fully saturated rings. The average molecular weight is 358 g/mol. The van der Waals surface area contributed by atoms with Crippen molar-refractivity contribution in [1.82, 2.24) is 4.90 Å². The van der Waals surface area contributed by atoms with Gasteiger partial charge < -0.3 is 10.4 Å². The molecule has 1 aliphatic rings. The number of aryl methyl sites for hydroxylation is 2. The molecule has 0 unspecified atom stereocenters. The standard InChI is InChI=1S/C17H21F3N2O3/c1-3-11-6-4-5-10(2)15(11)21-14(23)9-22-7-12(16(24)25)13(8-22)17(18,19)20/h4-6,12-13H,3,7-9H2,1-2H3,(H,21,23)(H,24,25)/t12-,13-/m1/s1. The van der Waals surface area contributed by atoms with E-state index >= 15 is 0 Å². The number of nitrogens with one attached hydrogen (secondary N) is 1. The molecule has 1 aromatic carbocycles. The van der Waals surface area contributed by atoms with Crippen LogP contribution < -0.4 is 5.32 Å². The van der Waals surface area contributed by atoms with Crippen LogP contribution in [0.1, 0.15) is 18.1 Å². The number of rotatable bonds is 5. The molecule has 2 atom stereocenters. The molecule has 0 saturated carbocycles. The number of halogens is 3. The molecule has 5 nitrogen and oxygen atoms in total. The van der Waals surface area contributed by atoms with Crippen LogP contribution in [0.5, 0.6) is 0 Å². The lowest BCUT2D eigenvalue weighted by molar-refractivity contribution is -0.188. The van der Waals surface area contributed by atoms with Gasteiger partial charge in [0.15, 0.2) is 0 Å². The number of likely N-dealkylation sites (tertiary alicyclic amines) is 1. The van der Waals surface area contributed by atoms with Gasteiger partial charge in [0.05, 0.1) is 18.4 Å². The Bertz CT molecular complexity index is 661. The maximum atomic E-state index is 13.0. The van der Waals surface area contributed by atoms with Gasteiger partial charge in [0, 0.05) is 18.8 Å². The average Bonchev–Trinajstić information content (AvgIpc) is 2.93. The SMILES string of the molecule is CCc1cccc(C)c1NC(=O)CN1C[C@@H](C(F)(F)F)[C@H](C(=O)O)C1. The van der Waals surface area contributed by atoms with Crippen LogP contribution in [-0.2, 0) is 16.0 Å². The zero-order chi connectivity index (χ0) is 18.8. The van der Waals surface area contributed by atoms with Crippen LogP contribution >= 0.6 is 0 Å². The number of amides is 1. The number of anilines is 1. The summed E-state index contributed by atoms with van der Waals surface area (Å²) < 4.78 is 39.0.